The monoisotopic (exact) mass is 1890 g/mol. The highest BCUT2D eigenvalue weighted by atomic mass is 32.1. The fraction of sp³-hybridized carbons (Fsp3) is 0. The van der Waals surface area contributed by atoms with Crippen LogP contribution in [0, 0.1) is 0 Å². The molecule has 0 saturated carbocycles. The number of para-hydroxylation sites is 12. The number of nitrogens with zero attached hydrogens (tertiary/aromatic N) is 7. The van der Waals surface area contributed by atoms with Crippen LogP contribution in [0.3, 0.4) is 0 Å². The molecule has 0 spiro atoms. The average molecular weight is 1890 g/mol. The minimum atomic E-state index is 0.867. The van der Waals surface area contributed by atoms with E-state index in [2.05, 4.69) is 537 Å². The van der Waals surface area contributed by atoms with Crippen molar-refractivity contribution in [2.24, 2.45) is 0 Å². The molecule has 32 aromatic rings. The van der Waals surface area contributed by atoms with E-state index in [0.29, 0.717) is 0 Å². The minimum absolute atomic E-state index is 0.867. The predicted molar refractivity (Wildman–Crippen MR) is 618 cm³/mol. The van der Waals surface area contributed by atoms with Gasteiger partial charge in [-0.1, -0.05) is 309 Å². The number of aromatic nitrogens is 7. The van der Waals surface area contributed by atoms with Gasteiger partial charge < -0.3 is 36.2 Å². The summed E-state index contributed by atoms with van der Waals surface area (Å²) >= 11 is 1.87. The lowest BCUT2D eigenvalue weighted by atomic mass is 9.99. The molecule has 10 heterocycles. The maximum Gasteiger partial charge on any atom is 0.138 e. The van der Waals surface area contributed by atoms with Gasteiger partial charge in [-0.15, -0.1) is 11.3 Å². The Morgan fingerprint density at radius 3 is 0.884 bits per heavy atom. The molecule has 0 saturated heterocycles. The molecule has 0 fully saturated rings. The van der Waals surface area contributed by atoms with Gasteiger partial charge in [0.05, 0.1) is 89.2 Å². The lowest BCUT2D eigenvalue weighted by molar-refractivity contribution is 0.668. The van der Waals surface area contributed by atoms with Crippen LogP contribution in [-0.4, -0.2) is 32.4 Å². The van der Waals surface area contributed by atoms with Crippen molar-refractivity contribution in [2.45, 2.75) is 0 Å². The summed E-state index contributed by atoms with van der Waals surface area (Å²) < 4.78 is 30.0. The third-order valence-corrected chi connectivity index (χ3v) is 31.3. The highest BCUT2D eigenvalue weighted by Gasteiger charge is 2.26. The number of pyridine rings is 1. The average Bonchev–Trinajstić information content (AvgIpc) is 1.57. The second-order valence-corrected chi connectivity index (χ2v) is 39.4. The lowest BCUT2D eigenvalue weighted by Crippen LogP contribution is -1.96. The molecular formula is C137H85N7O2S. The number of hydrogen-bond acceptors (Lipinski definition) is 4. The van der Waals surface area contributed by atoms with Crippen LogP contribution in [-0.2, 0) is 0 Å². The fourth-order valence-corrected chi connectivity index (χ4v) is 24.7. The Balaban J connectivity index is 0.000000102. The molecule has 0 atom stereocenters. The van der Waals surface area contributed by atoms with Gasteiger partial charge in [0, 0.05) is 135 Å². The van der Waals surface area contributed by atoms with Crippen molar-refractivity contribution in [2.75, 3.05) is 0 Å². The standard InChI is InChI=1S/C48H30N2O.C47H29N3O.C42H26N2S/c1-2-13-31(14-3-1)34-29-45(50-43-23-10-6-19-38(43)39-20-7-11-24-44(39)50)48-40-28-33(25-26-46(40)51-47(48)30-34)32-15-12-16-35(27-32)49-41-21-8-4-17-36(41)37-18-5-9-22-42(37)49;1-2-12-33(13-3-1)49-44-20-9-6-17-37(44)38-28-41(48-29-45(38)49)32-22-24-47-40(27-32)39-26-31(21-23-46(39)51-47)30-11-10-14-34(25-30)50-42-18-7-4-15-35(42)36-16-5-8-19-43(36)50;1-5-16-37-31(12-1)32-13-2-6-17-38(32)43(37)29-11-9-10-27(24-29)28-20-23-41-36(25-28)35-22-21-30(26-42(35)45-41)44-39-18-7-3-14-33(39)34-15-4-8-19-40(34)44/h1-30H;1-29H;1-26H. The van der Waals surface area contributed by atoms with E-state index in [4.69, 9.17) is 13.8 Å². The second kappa shape index (κ2) is 33.7. The Hall–Kier alpha value is -19.4. The molecule has 0 amide bonds. The Kier molecular flexibility index (Phi) is 19.1. The van der Waals surface area contributed by atoms with E-state index >= 15 is 0 Å². The first-order chi connectivity index (χ1) is 72.9. The highest BCUT2D eigenvalue weighted by Crippen LogP contribution is 2.48. The topological polar surface area (TPSA) is 68.8 Å². The summed E-state index contributed by atoms with van der Waals surface area (Å²) in [5.74, 6) is 0. The zero-order valence-electron chi connectivity index (χ0n) is 79.4. The van der Waals surface area contributed by atoms with Crippen LogP contribution < -0.4 is 0 Å². The van der Waals surface area contributed by atoms with Crippen molar-refractivity contribution in [1.82, 2.24) is 32.4 Å². The number of rotatable bonds is 11. The molecule has 32 rings (SSSR count). The van der Waals surface area contributed by atoms with Crippen molar-refractivity contribution in [1.29, 1.82) is 0 Å². The molecule has 0 aliphatic heterocycles. The molecular weight excluding hydrogens is 1810 g/mol. The van der Waals surface area contributed by atoms with Crippen molar-refractivity contribution in [3.63, 3.8) is 0 Å². The molecule has 0 radical (unpaired) electrons. The first-order valence-corrected chi connectivity index (χ1v) is 50.9. The van der Waals surface area contributed by atoms with Crippen LogP contribution in [0.4, 0.5) is 0 Å². The van der Waals surface area contributed by atoms with Crippen molar-refractivity contribution >= 4 is 206 Å². The van der Waals surface area contributed by atoms with E-state index in [1.165, 1.54) is 168 Å². The van der Waals surface area contributed by atoms with E-state index in [9.17, 15) is 0 Å². The summed E-state index contributed by atoms with van der Waals surface area (Å²) in [5.41, 5.74) is 36.1. The number of hydrogen-bond donors (Lipinski definition) is 0. The number of fused-ring (bicyclic) bond motifs is 27. The van der Waals surface area contributed by atoms with Crippen LogP contribution in [0.2, 0.25) is 0 Å². The quantitative estimate of drug-likeness (QED) is 0.130. The summed E-state index contributed by atoms with van der Waals surface area (Å²) in [6, 6.07) is 183. The molecule has 147 heavy (non-hydrogen) atoms. The Bertz CT molecular complexity index is 10800. The van der Waals surface area contributed by atoms with Gasteiger partial charge in [0.1, 0.15) is 22.3 Å². The van der Waals surface area contributed by atoms with Gasteiger partial charge in [0.25, 0.3) is 0 Å². The van der Waals surface area contributed by atoms with Gasteiger partial charge in [0.15, 0.2) is 0 Å². The van der Waals surface area contributed by atoms with Crippen LogP contribution in [0.5, 0.6) is 0 Å². The van der Waals surface area contributed by atoms with Crippen LogP contribution >= 0.6 is 11.3 Å². The van der Waals surface area contributed by atoms with E-state index in [-0.39, 0.29) is 0 Å². The van der Waals surface area contributed by atoms with Crippen molar-refractivity contribution in [3.05, 3.63) is 516 Å². The normalized spacial score (nSPS) is 11.9. The summed E-state index contributed by atoms with van der Waals surface area (Å²) in [7, 11) is 0. The molecule has 10 aromatic heterocycles. The third kappa shape index (κ3) is 13.5. The van der Waals surface area contributed by atoms with Crippen LogP contribution in [0.15, 0.2) is 525 Å². The molecule has 0 bridgehead atoms. The Morgan fingerprint density at radius 1 is 0.156 bits per heavy atom. The fourth-order valence-electron chi connectivity index (χ4n) is 23.6. The van der Waals surface area contributed by atoms with E-state index in [1.807, 2.05) is 17.5 Å². The molecule has 9 nitrogen and oxygen atoms in total. The summed E-state index contributed by atoms with van der Waals surface area (Å²) in [6.07, 6.45) is 2.01. The minimum Gasteiger partial charge on any atom is -0.456 e. The maximum absolute atomic E-state index is 6.73. The number of benzene rings is 22. The zero-order valence-corrected chi connectivity index (χ0v) is 80.2. The molecule has 686 valence electrons. The van der Waals surface area contributed by atoms with E-state index < -0.39 is 0 Å². The van der Waals surface area contributed by atoms with Gasteiger partial charge in [0.2, 0.25) is 0 Å². The molecule has 0 aliphatic carbocycles. The second-order valence-electron chi connectivity index (χ2n) is 38.3. The van der Waals surface area contributed by atoms with E-state index in [0.717, 1.165) is 117 Å². The van der Waals surface area contributed by atoms with Gasteiger partial charge >= 0.3 is 0 Å². The predicted octanol–water partition coefficient (Wildman–Crippen LogP) is 37.5. The zero-order chi connectivity index (χ0) is 96.4. The summed E-state index contributed by atoms with van der Waals surface area (Å²) in [5, 5.41) is 22.0. The SMILES string of the molecule is c1cc(-c2ccc3sc4cc(-n5c6ccccc6c6ccccc65)ccc4c3c2)cc(-n2c3ccccc3c3ccccc32)c1.c1ccc(-c2cc(-n3c4ccccc4c4ccccc43)c3c(c2)oc2ccc(-c4cccc(-n5c6ccccc6c6ccccc65)c4)cc23)cc1.c1ccc(-n2c3ccccc3c3cc(-c4ccc5oc6ccc(-c7cccc(-n8c9ccccc9c9ccccc98)c7)cc6c5c4)ncc32)cc1. The number of furan rings is 2. The molecule has 0 unspecified atom stereocenters. The highest BCUT2D eigenvalue weighted by molar-refractivity contribution is 7.25. The molecule has 10 heteroatoms. The van der Waals surface area contributed by atoms with Crippen LogP contribution in [0.1, 0.15) is 0 Å². The third-order valence-electron chi connectivity index (χ3n) is 30.2. The van der Waals surface area contributed by atoms with Gasteiger partial charge in [-0.2, -0.15) is 0 Å². The van der Waals surface area contributed by atoms with Gasteiger partial charge in [-0.05, 0) is 245 Å². The van der Waals surface area contributed by atoms with Crippen LogP contribution in [0.25, 0.3) is 285 Å². The first kappa shape index (κ1) is 83.4. The largest absolute Gasteiger partial charge is 0.456 e. The van der Waals surface area contributed by atoms with Gasteiger partial charge in [-0.3, -0.25) is 4.98 Å². The molecule has 22 aromatic carbocycles. The first-order valence-electron chi connectivity index (χ1n) is 50.1. The van der Waals surface area contributed by atoms with E-state index in [1.54, 1.807) is 0 Å². The summed E-state index contributed by atoms with van der Waals surface area (Å²) in [4.78, 5) is 5.02. The van der Waals surface area contributed by atoms with Crippen molar-refractivity contribution < 1.29 is 8.83 Å². The molecule has 0 aliphatic rings. The lowest BCUT2D eigenvalue weighted by Gasteiger charge is -2.13. The Morgan fingerprint density at radius 2 is 0.463 bits per heavy atom. The molecule has 0 N–H and O–H groups in total. The maximum atomic E-state index is 6.73. The van der Waals surface area contributed by atoms with Crippen molar-refractivity contribution in [3.8, 4) is 89.9 Å². The number of thiophene rings is 1. The smallest absolute Gasteiger partial charge is 0.138 e. The Labute approximate surface area is 846 Å². The summed E-state index contributed by atoms with van der Waals surface area (Å²) in [6.45, 7) is 0. The van der Waals surface area contributed by atoms with Gasteiger partial charge in [-0.25, -0.2) is 0 Å².